The van der Waals surface area contributed by atoms with E-state index in [2.05, 4.69) is 17.9 Å². The predicted molar refractivity (Wildman–Crippen MR) is 127 cm³/mol. The maximum atomic E-state index is 14.4. The maximum absolute atomic E-state index is 14.4. The standard InChI is InChI=1S/C26H27N2O2P/c1-20(19-31(30,23-9-4-2-5-10-23)24-11-6-3-7-12-24)27-16-21-15-22(18-27)25-13-8-14-26(29)28(25)17-21/h2-14,19,21-22H,15-18H2,1H3/b20-19+. The van der Waals surface area contributed by atoms with Crippen molar-refractivity contribution in [2.45, 2.75) is 25.8 Å². The second kappa shape index (κ2) is 8.01. The maximum Gasteiger partial charge on any atom is 0.250 e. The second-order valence-corrected chi connectivity index (χ2v) is 11.3. The molecular formula is C26H27N2O2P. The van der Waals surface area contributed by atoms with E-state index in [1.54, 1.807) is 6.07 Å². The molecule has 0 radical (unpaired) electrons. The van der Waals surface area contributed by atoms with Crippen molar-refractivity contribution in [2.75, 3.05) is 13.1 Å². The third-order valence-electron chi connectivity index (χ3n) is 6.63. The lowest BCUT2D eigenvalue weighted by Gasteiger charge is -2.44. The molecule has 0 spiro atoms. The van der Waals surface area contributed by atoms with Crippen LogP contribution in [-0.2, 0) is 11.1 Å². The molecule has 158 valence electrons. The largest absolute Gasteiger partial charge is 0.374 e. The molecule has 0 aliphatic carbocycles. The summed E-state index contributed by atoms with van der Waals surface area (Å²) in [4.78, 5) is 14.7. The number of allylic oxidation sites excluding steroid dienone is 1. The molecule has 5 rings (SSSR count). The highest BCUT2D eigenvalue weighted by atomic mass is 31.2. The van der Waals surface area contributed by atoms with Crippen molar-refractivity contribution >= 4 is 17.8 Å². The Labute approximate surface area is 183 Å². The summed E-state index contributed by atoms with van der Waals surface area (Å²) in [5.74, 6) is 2.76. The number of piperidine rings is 1. The number of hydrogen-bond donors (Lipinski definition) is 0. The highest BCUT2D eigenvalue weighted by molar-refractivity contribution is 7.81. The zero-order chi connectivity index (χ0) is 21.4. The minimum Gasteiger partial charge on any atom is -0.374 e. The van der Waals surface area contributed by atoms with Crippen molar-refractivity contribution in [1.82, 2.24) is 9.47 Å². The van der Waals surface area contributed by atoms with Crippen LogP contribution in [-0.4, -0.2) is 22.6 Å². The van der Waals surface area contributed by atoms with Crippen LogP contribution in [0.2, 0.25) is 0 Å². The number of likely N-dealkylation sites (tertiary alicyclic amines) is 1. The minimum atomic E-state index is -2.91. The lowest BCUT2D eigenvalue weighted by Crippen LogP contribution is -2.46. The Kier molecular flexibility index (Phi) is 5.19. The van der Waals surface area contributed by atoms with Gasteiger partial charge in [-0.15, -0.1) is 0 Å². The summed E-state index contributed by atoms with van der Waals surface area (Å²) in [7, 11) is -2.91. The molecule has 0 amide bonds. The fraction of sp³-hybridized carbons (Fsp3) is 0.269. The number of hydrogen-bond acceptors (Lipinski definition) is 3. The molecule has 2 atom stereocenters. The van der Waals surface area contributed by atoms with Gasteiger partial charge in [-0.2, -0.15) is 0 Å². The quantitative estimate of drug-likeness (QED) is 0.584. The van der Waals surface area contributed by atoms with Crippen LogP contribution >= 0.6 is 7.14 Å². The first-order valence-corrected chi connectivity index (χ1v) is 12.7. The lowest BCUT2D eigenvalue weighted by atomic mass is 9.83. The molecule has 5 heteroatoms. The van der Waals surface area contributed by atoms with Crippen molar-refractivity contribution in [1.29, 1.82) is 0 Å². The summed E-state index contributed by atoms with van der Waals surface area (Å²) in [5, 5.41) is 1.71. The number of nitrogens with zero attached hydrogens (tertiary/aromatic N) is 2. The van der Waals surface area contributed by atoms with Gasteiger partial charge in [-0.3, -0.25) is 4.79 Å². The molecule has 1 fully saturated rings. The third kappa shape index (κ3) is 3.70. The van der Waals surface area contributed by atoms with Gasteiger partial charge in [-0.05, 0) is 25.3 Å². The average molecular weight is 430 g/mol. The minimum absolute atomic E-state index is 0.102. The molecule has 2 aliphatic rings. The van der Waals surface area contributed by atoms with E-state index in [9.17, 15) is 9.36 Å². The first-order chi connectivity index (χ1) is 15.0. The molecule has 4 nitrogen and oxygen atoms in total. The van der Waals surface area contributed by atoms with Gasteiger partial charge in [0.1, 0.15) is 0 Å². The summed E-state index contributed by atoms with van der Waals surface area (Å²) in [6.45, 7) is 4.59. The van der Waals surface area contributed by atoms with Gasteiger partial charge in [0, 0.05) is 59.4 Å². The average Bonchev–Trinajstić information content (AvgIpc) is 2.81. The van der Waals surface area contributed by atoms with Crippen molar-refractivity contribution in [2.24, 2.45) is 5.92 Å². The molecule has 3 aromatic rings. The van der Waals surface area contributed by atoms with E-state index in [0.29, 0.717) is 11.8 Å². The Morgan fingerprint density at radius 2 is 1.52 bits per heavy atom. The molecule has 31 heavy (non-hydrogen) atoms. The van der Waals surface area contributed by atoms with Crippen LogP contribution in [0.5, 0.6) is 0 Å². The monoisotopic (exact) mass is 430 g/mol. The first kappa shape index (κ1) is 20.1. The van der Waals surface area contributed by atoms with Gasteiger partial charge < -0.3 is 14.0 Å². The SMILES string of the molecule is C/C(=C\P(=O)(c1ccccc1)c1ccccc1)N1CC2CC(C1)c1cccc(=O)n1C2. The first-order valence-electron chi connectivity index (χ1n) is 10.9. The molecule has 0 N–H and O–H groups in total. The zero-order valence-electron chi connectivity index (χ0n) is 17.7. The van der Waals surface area contributed by atoms with E-state index < -0.39 is 7.14 Å². The van der Waals surface area contributed by atoms with E-state index in [4.69, 9.17) is 0 Å². The van der Waals surface area contributed by atoms with Gasteiger partial charge in [-0.1, -0.05) is 66.7 Å². The van der Waals surface area contributed by atoms with Crippen LogP contribution in [0, 0.1) is 5.92 Å². The number of aromatic nitrogens is 1. The van der Waals surface area contributed by atoms with Crippen molar-refractivity contribution < 1.29 is 4.57 Å². The van der Waals surface area contributed by atoms with Crippen LogP contribution in [0.1, 0.15) is 25.0 Å². The van der Waals surface area contributed by atoms with Gasteiger partial charge in [0.05, 0.1) is 0 Å². The topological polar surface area (TPSA) is 42.3 Å². The van der Waals surface area contributed by atoms with Gasteiger partial charge in [-0.25, -0.2) is 0 Å². The van der Waals surface area contributed by atoms with E-state index in [1.165, 1.54) is 0 Å². The number of benzene rings is 2. The highest BCUT2D eigenvalue weighted by Gasteiger charge is 2.35. The summed E-state index contributed by atoms with van der Waals surface area (Å²) in [5.41, 5.74) is 2.29. The number of pyridine rings is 1. The molecule has 2 aromatic carbocycles. The Balaban J connectivity index is 1.51. The fourth-order valence-corrected chi connectivity index (χ4v) is 7.64. The van der Waals surface area contributed by atoms with Crippen molar-refractivity contribution in [3.8, 4) is 0 Å². The van der Waals surface area contributed by atoms with Crippen LogP contribution in [0.3, 0.4) is 0 Å². The second-order valence-electron chi connectivity index (χ2n) is 8.70. The molecule has 3 heterocycles. The zero-order valence-corrected chi connectivity index (χ0v) is 18.6. The summed E-state index contributed by atoms with van der Waals surface area (Å²) in [6.07, 6.45) is 1.11. The molecule has 0 saturated carbocycles. The fourth-order valence-electron chi connectivity index (χ4n) is 5.13. The molecular weight excluding hydrogens is 403 g/mol. The molecule has 1 saturated heterocycles. The van der Waals surface area contributed by atoms with Crippen LogP contribution < -0.4 is 16.2 Å². The van der Waals surface area contributed by atoms with Gasteiger partial charge in [0.15, 0.2) is 7.14 Å². The van der Waals surface area contributed by atoms with Gasteiger partial charge in [0.2, 0.25) is 0 Å². The van der Waals surface area contributed by atoms with Gasteiger partial charge in [0.25, 0.3) is 5.56 Å². The number of rotatable bonds is 4. The van der Waals surface area contributed by atoms with Crippen LogP contribution in [0.4, 0.5) is 0 Å². The third-order valence-corrected chi connectivity index (χ3v) is 9.49. The van der Waals surface area contributed by atoms with Gasteiger partial charge >= 0.3 is 0 Å². The molecule has 2 unspecified atom stereocenters. The Morgan fingerprint density at radius 1 is 0.871 bits per heavy atom. The summed E-state index contributed by atoms with van der Waals surface area (Å²) < 4.78 is 16.4. The van der Waals surface area contributed by atoms with Crippen molar-refractivity contribution in [3.05, 3.63) is 106 Å². The highest BCUT2D eigenvalue weighted by Crippen LogP contribution is 2.47. The van der Waals surface area contributed by atoms with Crippen molar-refractivity contribution in [3.63, 3.8) is 0 Å². The van der Waals surface area contributed by atoms with Crippen LogP contribution in [0.15, 0.2) is 95.2 Å². The van der Waals surface area contributed by atoms with Crippen LogP contribution in [0.25, 0.3) is 0 Å². The lowest BCUT2D eigenvalue weighted by molar-refractivity contribution is 0.151. The molecule has 2 bridgehead atoms. The smallest absolute Gasteiger partial charge is 0.250 e. The Hall–Kier alpha value is -2.84. The van der Waals surface area contributed by atoms with E-state index >= 15 is 0 Å². The van der Waals surface area contributed by atoms with E-state index in [-0.39, 0.29) is 5.56 Å². The predicted octanol–water partition coefficient (Wildman–Crippen LogP) is 4.14. The Bertz CT molecular complexity index is 1170. The van der Waals surface area contributed by atoms with E-state index in [0.717, 1.165) is 48.1 Å². The molecule has 2 aliphatic heterocycles. The summed E-state index contributed by atoms with van der Waals surface area (Å²) >= 11 is 0. The molecule has 1 aromatic heterocycles. The Morgan fingerprint density at radius 3 is 2.16 bits per heavy atom. The number of fused-ring (bicyclic) bond motifs is 4. The van der Waals surface area contributed by atoms with E-state index in [1.807, 2.05) is 77.1 Å². The summed E-state index contributed by atoms with van der Waals surface area (Å²) in [6, 6.07) is 25.2. The normalized spacial score (nSPS) is 20.9.